The number of fused-ring (bicyclic) bond motifs is 1. The van der Waals surface area contributed by atoms with Crippen molar-refractivity contribution in [3.8, 4) is 11.5 Å². The Hall–Kier alpha value is -2.04. The number of ether oxygens (including phenoxy) is 2. The first-order valence-corrected chi connectivity index (χ1v) is 11.1. The summed E-state index contributed by atoms with van der Waals surface area (Å²) in [4.78, 5) is 9.50. The highest BCUT2D eigenvalue weighted by molar-refractivity contribution is 14.0. The van der Waals surface area contributed by atoms with Gasteiger partial charge in [-0.2, -0.15) is 0 Å². The molecule has 1 fully saturated rings. The van der Waals surface area contributed by atoms with Crippen LogP contribution in [0.15, 0.2) is 53.5 Å². The Morgan fingerprint density at radius 1 is 1.09 bits per heavy atom. The molecular weight excluding hydrogens is 517 g/mol. The SMILES string of the molecule is CN1CCN(CCCN=C(N)Nc2ccc3c(c2)OCCCO3)C(c2ccccc2)C1.I. The lowest BCUT2D eigenvalue weighted by Gasteiger charge is -2.40. The number of hydrogen-bond acceptors (Lipinski definition) is 5. The Balaban J connectivity index is 0.00000289. The average Bonchev–Trinajstić information content (AvgIpc) is 3.03. The highest BCUT2D eigenvalue weighted by Gasteiger charge is 2.25. The Labute approximate surface area is 208 Å². The van der Waals surface area contributed by atoms with Crippen LogP contribution in [0.3, 0.4) is 0 Å². The minimum Gasteiger partial charge on any atom is -0.490 e. The van der Waals surface area contributed by atoms with Gasteiger partial charge in [-0.3, -0.25) is 9.89 Å². The van der Waals surface area contributed by atoms with Gasteiger partial charge in [0.1, 0.15) is 0 Å². The van der Waals surface area contributed by atoms with Crippen LogP contribution < -0.4 is 20.5 Å². The summed E-state index contributed by atoms with van der Waals surface area (Å²) in [6.07, 6.45) is 1.86. The standard InChI is InChI=1S/C24H33N5O2.HI/c1-28-13-14-29(21(18-28)19-7-3-2-4-8-19)12-5-11-26-24(25)27-20-9-10-22-23(17-20)31-16-6-15-30-22;/h2-4,7-10,17,21H,5-6,11-16,18H2,1H3,(H3,25,26,27);1H. The number of aliphatic imine (C=N–C) groups is 1. The van der Waals surface area contributed by atoms with E-state index in [9.17, 15) is 0 Å². The molecule has 2 heterocycles. The zero-order valence-corrected chi connectivity index (χ0v) is 21.0. The van der Waals surface area contributed by atoms with E-state index in [-0.39, 0.29) is 24.0 Å². The zero-order valence-electron chi connectivity index (χ0n) is 18.7. The summed E-state index contributed by atoms with van der Waals surface area (Å²) < 4.78 is 11.4. The number of anilines is 1. The Bertz CT molecular complexity index is 880. The summed E-state index contributed by atoms with van der Waals surface area (Å²) in [5, 5.41) is 3.16. The van der Waals surface area contributed by atoms with E-state index in [1.165, 1.54) is 5.56 Å². The Morgan fingerprint density at radius 3 is 2.69 bits per heavy atom. The largest absolute Gasteiger partial charge is 0.490 e. The minimum absolute atomic E-state index is 0. The second-order valence-electron chi connectivity index (χ2n) is 8.18. The fourth-order valence-corrected chi connectivity index (χ4v) is 4.12. The molecule has 2 aromatic rings. The summed E-state index contributed by atoms with van der Waals surface area (Å²) in [6, 6.07) is 17.0. The highest BCUT2D eigenvalue weighted by atomic mass is 127. The molecular formula is C24H34IN5O2. The molecule has 7 nitrogen and oxygen atoms in total. The van der Waals surface area contributed by atoms with Crippen molar-refractivity contribution >= 4 is 35.6 Å². The summed E-state index contributed by atoms with van der Waals surface area (Å²) >= 11 is 0. The first-order chi connectivity index (χ1) is 15.2. The number of guanidine groups is 1. The number of benzene rings is 2. The van der Waals surface area contributed by atoms with Gasteiger partial charge in [0.2, 0.25) is 0 Å². The maximum atomic E-state index is 6.11. The quantitative estimate of drug-likeness (QED) is 0.248. The van der Waals surface area contributed by atoms with Gasteiger partial charge in [-0.25, -0.2) is 0 Å². The van der Waals surface area contributed by atoms with Crippen LogP contribution in [-0.2, 0) is 0 Å². The maximum Gasteiger partial charge on any atom is 0.193 e. The molecule has 4 rings (SSSR count). The highest BCUT2D eigenvalue weighted by Crippen LogP contribution is 2.32. The van der Waals surface area contributed by atoms with E-state index in [1.807, 2.05) is 18.2 Å². The molecule has 8 heteroatoms. The molecule has 1 atom stereocenters. The molecule has 174 valence electrons. The predicted octanol–water partition coefficient (Wildman–Crippen LogP) is 3.57. The van der Waals surface area contributed by atoms with Gasteiger partial charge in [-0.1, -0.05) is 30.3 Å². The first kappa shape index (κ1) is 24.6. The molecule has 0 bridgehead atoms. The number of nitrogens with zero attached hydrogens (tertiary/aromatic N) is 3. The van der Waals surface area contributed by atoms with E-state index in [0.29, 0.717) is 31.8 Å². The van der Waals surface area contributed by atoms with Gasteiger partial charge in [0.05, 0.1) is 13.2 Å². The molecule has 0 spiro atoms. The van der Waals surface area contributed by atoms with Crippen molar-refractivity contribution in [2.24, 2.45) is 10.7 Å². The van der Waals surface area contributed by atoms with Crippen molar-refractivity contribution in [2.75, 3.05) is 58.3 Å². The van der Waals surface area contributed by atoms with E-state index in [0.717, 1.165) is 56.2 Å². The van der Waals surface area contributed by atoms with Crippen LogP contribution in [0.25, 0.3) is 0 Å². The van der Waals surface area contributed by atoms with Crippen molar-refractivity contribution in [1.82, 2.24) is 9.80 Å². The normalized spacial score (nSPS) is 19.7. The summed E-state index contributed by atoms with van der Waals surface area (Å²) in [5.74, 6) is 1.95. The number of hydrogen-bond donors (Lipinski definition) is 2. The Morgan fingerprint density at radius 2 is 1.88 bits per heavy atom. The van der Waals surface area contributed by atoms with Crippen LogP contribution in [0.1, 0.15) is 24.4 Å². The van der Waals surface area contributed by atoms with E-state index >= 15 is 0 Å². The van der Waals surface area contributed by atoms with Gasteiger partial charge in [0.15, 0.2) is 17.5 Å². The molecule has 2 aromatic carbocycles. The minimum atomic E-state index is 0. The van der Waals surface area contributed by atoms with Crippen LogP contribution in [0.4, 0.5) is 5.69 Å². The summed E-state index contributed by atoms with van der Waals surface area (Å²) in [5.41, 5.74) is 8.35. The van der Waals surface area contributed by atoms with Crippen LogP contribution in [-0.4, -0.2) is 68.7 Å². The average molecular weight is 551 g/mol. The summed E-state index contributed by atoms with van der Waals surface area (Å²) in [7, 11) is 2.20. The summed E-state index contributed by atoms with van der Waals surface area (Å²) in [6.45, 7) is 6.27. The molecule has 0 aromatic heterocycles. The van der Waals surface area contributed by atoms with Crippen LogP contribution in [0, 0.1) is 0 Å². The van der Waals surface area contributed by atoms with Crippen molar-refractivity contribution in [3.63, 3.8) is 0 Å². The molecule has 32 heavy (non-hydrogen) atoms. The molecule has 3 N–H and O–H groups in total. The monoisotopic (exact) mass is 551 g/mol. The fraction of sp³-hybridized carbons (Fsp3) is 0.458. The van der Waals surface area contributed by atoms with Crippen LogP contribution in [0.2, 0.25) is 0 Å². The zero-order chi connectivity index (χ0) is 21.5. The van der Waals surface area contributed by atoms with Gasteiger partial charge < -0.3 is 25.4 Å². The third-order valence-electron chi connectivity index (χ3n) is 5.78. The maximum absolute atomic E-state index is 6.11. The van der Waals surface area contributed by atoms with Crippen LogP contribution >= 0.6 is 24.0 Å². The topological polar surface area (TPSA) is 75.4 Å². The van der Waals surface area contributed by atoms with Gasteiger partial charge in [-0.05, 0) is 31.2 Å². The van der Waals surface area contributed by atoms with E-state index in [2.05, 4.69) is 57.5 Å². The van der Waals surface area contributed by atoms with Crippen molar-refractivity contribution < 1.29 is 9.47 Å². The van der Waals surface area contributed by atoms with Gasteiger partial charge in [-0.15, -0.1) is 24.0 Å². The molecule has 0 radical (unpaired) electrons. The third-order valence-corrected chi connectivity index (χ3v) is 5.78. The lowest BCUT2D eigenvalue weighted by Crippen LogP contribution is -2.47. The smallest absolute Gasteiger partial charge is 0.193 e. The van der Waals surface area contributed by atoms with Crippen LogP contribution in [0.5, 0.6) is 11.5 Å². The second kappa shape index (κ2) is 12.3. The number of likely N-dealkylation sites (N-methyl/N-ethyl adjacent to an activating group) is 1. The predicted molar refractivity (Wildman–Crippen MR) is 140 cm³/mol. The van der Waals surface area contributed by atoms with Gasteiger partial charge >= 0.3 is 0 Å². The van der Waals surface area contributed by atoms with Crippen molar-refractivity contribution in [2.45, 2.75) is 18.9 Å². The van der Waals surface area contributed by atoms with E-state index in [4.69, 9.17) is 15.2 Å². The van der Waals surface area contributed by atoms with E-state index < -0.39 is 0 Å². The Kier molecular flexibility index (Phi) is 9.43. The van der Waals surface area contributed by atoms with Crippen molar-refractivity contribution in [3.05, 3.63) is 54.1 Å². The number of halogens is 1. The molecule has 1 unspecified atom stereocenters. The van der Waals surface area contributed by atoms with Crippen molar-refractivity contribution in [1.29, 1.82) is 0 Å². The van der Waals surface area contributed by atoms with Gasteiger partial charge in [0, 0.05) is 56.9 Å². The fourth-order valence-electron chi connectivity index (χ4n) is 4.12. The molecule has 2 aliphatic rings. The second-order valence-corrected chi connectivity index (χ2v) is 8.18. The third kappa shape index (κ3) is 6.73. The molecule has 0 saturated carbocycles. The van der Waals surface area contributed by atoms with Gasteiger partial charge in [0.25, 0.3) is 0 Å². The number of nitrogens with one attached hydrogen (secondary N) is 1. The number of rotatable bonds is 6. The molecule has 0 aliphatic carbocycles. The molecule has 0 amide bonds. The van der Waals surface area contributed by atoms with E-state index in [1.54, 1.807) is 0 Å². The number of nitrogens with two attached hydrogens (primary N) is 1. The lowest BCUT2D eigenvalue weighted by molar-refractivity contribution is 0.0894. The number of piperazine rings is 1. The molecule has 2 aliphatic heterocycles. The lowest BCUT2D eigenvalue weighted by atomic mass is 10.0. The molecule has 1 saturated heterocycles. The first-order valence-electron chi connectivity index (χ1n) is 11.1.